The Morgan fingerprint density at radius 3 is 2.50 bits per heavy atom. The Bertz CT molecular complexity index is 446. The molecule has 0 aromatic heterocycles. The van der Waals surface area contributed by atoms with E-state index in [0.29, 0.717) is 0 Å². The molecule has 1 aromatic carbocycles. The van der Waals surface area contributed by atoms with Crippen LogP contribution in [-0.2, 0) is 11.0 Å². The van der Waals surface area contributed by atoms with E-state index >= 15 is 0 Å². The van der Waals surface area contributed by atoms with Crippen molar-refractivity contribution in [2.45, 2.75) is 6.18 Å². The summed E-state index contributed by atoms with van der Waals surface area (Å²) >= 11 is 5.74. The molecule has 100 valence electrons. The van der Waals surface area contributed by atoms with Crippen molar-refractivity contribution in [3.8, 4) is 0 Å². The van der Waals surface area contributed by atoms with Gasteiger partial charge in [0.05, 0.1) is 30.4 Å². The van der Waals surface area contributed by atoms with E-state index in [1.54, 1.807) is 14.1 Å². The summed E-state index contributed by atoms with van der Waals surface area (Å²) in [6.07, 6.45) is -4.46. The van der Waals surface area contributed by atoms with E-state index in [1.165, 1.54) is 0 Å². The van der Waals surface area contributed by atoms with Gasteiger partial charge in [0.25, 0.3) is 5.91 Å². The number of anilines is 1. The fourth-order valence-electron chi connectivity index (χ4n) is 1.31. The maximum Gasteiger partial charge on any atom is 0.416 e. The van der Waals surface area contributed by atoms with Crippen LogP contribution in [0.1, 0.15) is 5.56 Å². The third-order valence-electron chi connectivity index (χ3n) is 2.08. The van der Waals surface area contributed by atoms with Crippen molar-refractivity contribution in [1.82, 2.24) is 0 Å². The number of halogens is 4. The van der Waals surface area contributed by atoms with E-state index in [4.69, 9.17) is 11.6 Å². The Kier molecular flexibility index (Phi) is 4.59. The molecule has 1 aromatic rings. The second kappa shape index (κ2) is 5.58. The predicted molar refractivity (Wildman–Crippen MR) is 62.8 cm³/mol. The second-order valence-corrected chi connectivity index (χ2v) is 4.53. The van der Waals surface area contributed by atoms with Crippen LogP contribution >= 0.6 is 11.6 Å². The normalized spacial score (nSPS) is 11.7. The van der Waals surface area contributed by atoms with Gasteiger partial charge in [-0.05, 0) is 18.2 Å². The van der Waals surface area contributed by atoms with Gasteiger partial charge in [-0.3, -0.25) is 4.79 Å². The molecule has 0 saturated carbocycles. The summed E-state index contributed by atoms with van der Waals surface area (Å²) in [5, 5.41) is 2.44. The van der Waals surface area contributed by atoms with E-state index < -0.39 is 17.6 Å². The molecule has 0 aliphatic rings. The highest BCUT2D eigenvalue weighted by Crippen LogP contribution is 2.33. The minimum atomic E-state index is -4.46. The predicted octanol–water partition coefficient (Wildman–Crippen LogP) is 1.44. The van der Waals surface area contributed by atoms with Gasteiger partial charge in [0.2, 0.25) is 0 Å². The molecule has 0 radical (unpaired) electrons. The summed E-state index contributed by atoms with van der Waals surface area (Å²) in [7, 11) is 3.51. The summed E-state index contributed by atoms with van der Waals surface area (Å²) in [6.45, 7) is 0.145. The number of alkyl halides is 3. The van der Waals surface area contributed by atoms with Crippen molar-refractivity contribution in [2.24, 2.45) is 0 Å². The van der Waals surface area contributed by atoms with Crippen LogP contribution in [0.4, 0.5) is 18.9 Å². The first-order chi connectivity index (χ1) is 8.20. The number of likely N-dealkylation sites (N-methyl/N-ethyl adjacent to an activating group) is 1. The third-order valence-corrected chi connectivity index (χ3v) is 2.41. The number of benzene rings is 1. The minimum absolute atomic E-state index is 0.0299. The van der Waals surface area contributed by atoms with Crippen LogP contribution < -0.4 is 10.2 Å². The van der Waals surface area contributed by atoms with Crippen molar-refractivity contribution in [3.63, 3.8) is 0 Å². The lowest BCUT2D eigenvalue weighted by Gasteiger charge is -2.12. The van der Waals surface area contributed by atoms with E-state index in [2.05, 4.69) is 5.32 Å². The Morgan fingerprint density at radius 1 is 1.39 bits per heavy atom. The third kappa shape index (κ3) is 4.19. The minimum Gasteiger partial charge on any atom is -0.332 e. The lowest BCUT2D eigenvalue weighted by molar-refractivity contribution is -0.849. The molecule has 7 heteroatoms. The van der Waals surface area contributed by atoms with E-state index in [-0.39, 0.29) is 17.3 Å². The number of carbonyl (C=O) groups is 1. The molecule has 0 unspecified atom stereocenters. The molecule has 0 aliphatic carbocycles. The largest absolute Gasteiger partial charge is 0.416 e. The van der Waals surface area contributed by atoms with Crippen molar-refractivity contribution in [2.75, 3.05) is 26.0 Å². The smallest absolute Gasteiger partial charge is 0.332 e. The molecule has 18 heavy (non-hydrogen) atoms. The molecule has 0 spiro atoms. The van der Waals surface area contributed by atoms with Crippen LogP contribution in [-0.4, -0.2) is 26.5 Å². The maximum absolute atomic E-state index is 12.5. The van der Waals surface area contributed by atoms with Gasteiger partial charge in [-0.15, -0.1) is 0 Å². The Morgan fingerprint density at radius 2 is 2.00 bits per heavy atom. The number of nitrogens with one attached hydrogen (secondary N) is 2. The highest BCUT2D eigenvalue weighted by Gasteiger charge is 2.31. The number of hydrogen-bond acceptors (Lipinski definition) is 1. The number of carbonyl (C=O) groups excluding carboxylic acids is 1. The van der Waals surface area contributed by atoms with Crippen LogP contribution in [0.5, 0.6) is 0 Å². The number of rotatable bonds is 3. The molecule has 0 aliphatic heterocycles. The molecule has 1 amide bonds. The number of quaternary nitrogens is 1. The van der Waals surface area contributed by atoms with Crippen LogP contribution in [0.3, 0.4) is 0 Å². The van der Waals surface area contributed by atoms with Gasteiger partial charge in [-0.2, -0.15) is 13.2 Å². The van der Waals surface area contributed by atoms with Gasteiger partial charge in [-0.25, -0.2) is 0 Å². The van der Waals surface area contributed by atoms with E-state index in [1.807, 2.05) is 0 Å². The number of amides is 1. The summed E-state index contributed by atoms with van der Waals surface area (Å²) in [5.41, 5.74) is -0.878. The van der Waals surface area contributed by atoms with Crippen molar-refractivity contribution in [1.29, 1.82) is 0 Å². The first-order valence-corrected chi connectivity index (χ1v) is 5.53. The maximum atomic E-state index is 12.5. The zero-order valence-corrected chi connectivity index (χ0v) is 10.6. The summed E-state index contributed by atoms with van der Waals surface area (Å²) < 4.78 is 37.5. The van der Waals surface area contributed by atoms with E-state index in [0.717, 1.165) is 23.1 Å². The summed E-state index contributed by atoms with van der Waals surface area (Å²) in [4.78, 5) is 12.3. The number of hydrogen-bond donors (Lipinski definition) is 2. The Hall–Kier alpha value is -1.27. The van der Waals surface area contributed by atoms with Crippen molar-refractivity contribution >= 4 is 23.2 Å². The molecule has 1 rings (SSSR count). The molecule has 2 N–H and O–H groups in total. The summed E-state index contributed by atoms with van der Waals surface area (Å²) in [5.74, 6) is -0.392. The van der Waals surface area contributed by atoms with Crippen LogP contribution in [0, 0.1) is 0 Å². The lowest BCUT2D eigenvalue weighted by Crippen LogP contribution is -3.06. The van der Waals surface area contributed by atoms with Crippen LogP contribution in [0.15, 0.2) is 18.2 Å². The zero-order chi connectivity index (χ0) is 13.9. The van der Waals surface area contributed by atoms with Crippen LogP contribution in [0.25, 0.3) is 0 Å². The average Bonchev–Trinajstić information content (AvgIpc) is 2.18. The van der Waals surface area contributed by atoms with Crippen molar-refractivity contribution in [3.05, 3.63) is 28.8 Å². The van der Waals surface area contributed by atoms with Crippen LogP contribution in [0.2, 0.25) is 5.02 Å². The molecule has 0 fully saturated rings. The first kappa shape index (κ1) is 14.8. The van der Waals surface area contributed by atoms with Gasteiger partial charge < -0.3 is 10.2 Å². The van der Waals surface area contributed by atoms with Gasteiger partial charge in [0.15, 0.2) is 6.54 Å². The molecule has 0 heterocycles. The summed E-state index contributed by atoms with van der Waals surface area (Å²) in [6, 6.07) is 2.81. The Labute approximate surface area is 108 Å². The Balaban J connectivity index is 2.92. The molecular formula is C11H13ClF3N2O+. The SMILES string of the molecule is C[NH+](C)CC(=O)Nc1cc(C(F)(F)F)ccc1Cl. The topological polar surface area (TPSA) is 33.5 Å². The van der Waals surface area contributed by atoms with Gasteiger partial charge in [0.1, 0.15) is 0 Å². The monoisotopic (exact) mass is 281 g/mol. The highest BCUT2D eigenvalue weighted by molar-refractivity contribution is 6.33. The van der Waals surface area contributed by atoms with Gasteiger partial charge in [-0.1, -0.05) is 11.6 Å². The first-order valence-electron chi connectivity index (χ1n) is 5.16. The average molecular weight is 282 g/mol. The molecule has 0 atom stereocenters. The highest BCUT2D eigenvalue weighted by atomic mass is 35.5. The molecule has 0 bridgehead atoms. The molecule has 3 nitrogen and oxygen atoms in total. The van der Waals surface area contributed by atoms with Crippen molar-refractivity contribution < 1.29 is 22.9 Å². The van der Waals surface area contributed by atoms with Gasteiger partial charge in [0, 0.05) is 0 Å². The second-order valence-electron chi connectivity index (χ2n) is 4.12. The van der Waals surface area contributed by atoms with Gasteiger partial charge >= 0.3 is 6.18 Å². The lowest BCUT2D eigenvalue weighted by atomic mass is 10.2. The molecular weight excluding hydrogens is 269 g/mol. The molecule has 0 saturated heterocycles. The fraction of sp³-hybridized carbons (Fsp3) is 0.364. The zero-order valence-electron chi connectivity index (χ0n) is 9.86. The quantitative estimate of drug-likeness (QED) is 0.864. The fourth-order valence-corrected chi connectivity index (χ4v) is 1.48. The van der Waals surface area contributed by atoms with E-state index in [9.17, 15) is 18.0 Å². The standard InChI is InChI=1S/C11H12ClF3N2O/c1-17(2)6-10(18)16-9-5-7(11(13,14)15)3-4-8(9)12/h3-5H,6H2,1-2H3,(H,16,18)/p+1.